The third-order valence-electron chi connectivity index (χ3n) is 4.90. The molecule has 2 heterocycles. The van der Waals surface area contributed by atoms with E-state index in [0.717, 1.165) is 22.4 Å². The Bertz CT molecular complexity index is 1210. The van der Waals surface area contributed by atoms with E-state index in [0.29, 0.717) is 24.6 Å². The van der Waals surface area contributed by atoms with Gasteiger partial charge in [0, 0.05) is 18.2 Å². The first kappa shape index (κ1) is 21.0. The SMILES string of the molecule is COc1ccc(C)cc1CCNC(=O)/C(=C\c1ccco1)n1nnnc1-c1ccccc1. The van der Waals surface area contributed by atoms with E-state index in [9.17, 15) is 4.79 Å². The number of furan rings is 1. The summed E-state index contributed by atoms with van der Waals surface area (Å²) in [6.07, 6.45) is 3.78. The Labute approximate surface area is 185 Å². The molecule has 0 unspecified atom stereocenters. The quantitative estimate of drug-likeness (QED) is 0.430. The summed E-state index contributed by atoms with van der Waals surface area (Å²) in [5.41, 5.74) is 3.20. The number of hydrogen-bond donors (Lipinski definition) is 1. The molecule has 0 saturated heterocycles. The zero-order valence-electron chi connectivity index (χ0n) is 17.9. The van der Waals surface area contributed by atoms with Gasteiger partial charge in [0.2, 0.25) is 0 Å². The average Bonchev–Trinajstić information content (AvgIpc) is 3.50. The Hall–Kier alpha value is -4.20. The number of hydrogen-bond acceptors (Lipinski definition) is 6. The fourth-order valence-corrected chi connectivity index (χ4v) is 3.35. The number of ether oxygens (including phenoxy) is 1. The third-order valence-corrected chi connectivity index (χ3v) is 4.90. The summed E-state index contributed by atoms with van der Waals surface area (Å²) in [7, 11) is 1.64. The highest BCUT2D eigenvalue weighted by Gasteiger charge is 2.19. The minimum Gasteiger partial charge on any atom is -0.496 e. The van der Waals surface area contributed by atoms with Gasteiger partial charge in [-0.05, 0) is 47.5 Å². The molecule has 0 bridgehead atoms. The van der Waals surface area contributed by atoms with Gasteiger partial charge in [-0.25, -0.2) is 0 Å². The number of carbonyl (C=O) groups is 1. The Kier molecular flexibility index (Phi) is 6.41. The van der Waals surface area contributed by atoms with E-state index in [-0.39, 0.29) is 11.6 Å². The highest BCUT2D eigenvalue weighted by atomic mass is 16.5. The van der Waals surface area contributed by atoms with Crippen LogP contribution in [-0.2, 0) is 11.2 Å². The van der Waals surface area contributed by atoms with Crippen LogP contribution in [0.2, 0.25) is 0 Å². The van der Waals surface area contributed by atoms with E-state index in [1.165, 1.54) is 4.68 Å². The molecule has 0 aliphatic heterocycles. The lowest BCUT2D eigenvalue weighted by Gasteiger charge is -2.12. The van der Waals surface area contributed by atoms with E-state index in [1.54, 1.807) is 31.6 Å². The number of carbonyl (C=O) groups excluding carboxylic acids is 1. The third kappa shape index (κ3) is 4.75. The number of rotatable bonds is 8. The molecule has 0 radical (unpaired) electrons. The monoisotopic (exact) mass is 429 g/mol. The van der Waals surface area contributed by atoms with E-state index >= 15 is 0 Å². The molecule has 162 valence electrons. The van der Waals surface area contributed by atoms with Crippen LogP contribution < -0.4 is 10.1 Å². The molecule has 0 fully saturated rings. The minimum atomic E-state index is -0.322. The zero-order valence-corrected chi connectivity index (χ0v) is 17.9. The smallest absolute Gasteiger partial charge is 0.270 e. The summed E-state index contributed by atoms with van der Waals surface area (Å²) < 4.78 is 12.3. The van der Waals surface area contributed by atoms with E-state index in [1.807, 2.05) is 49.4 Å². The van der Waals surface area contributed by atoms with Crippen molar-refractivity contribution in [3.63, 3.8) is 0 Å². The maximum Gasteiger partial charge on any atom is 0.270 e. The Balaban J connectivity index is 1.58. The lowest BCUT2D eigenvalue weighted by Crippen LogP contribution is -2.29. The van der Waals surface area contributed by atoms with Crippen molar-refractivity contribution in [3.8, 4) is 17.1 Å². The Morgan fingerprint density at radius 2 is 2.00 bits per heavy atom. The van der Waals surface area contributed by atoms with E-state index in [4.69, 9.17) is 9.15 Å². The molecule has 2 aromatic heterocycles. The summed E-state index contributed by atoms with van der Waals surface area (Å²) in [5, 5.41) is 14.9. The number of methoxy groups -OCH3 is 1. The standard InChI is InChI=1S/C24H23N5O3/c1-17-10-11-22(31-2)19(15-17)12-13-25-24(30)21(16-20-9-6-14-32-20)29-23(26-27-28-29)18-7-4-3-5-8-18/h3-11,14-16H,12-13H2,1-2H3,(H,25,30)/b21-16+. The van der Waals surface area contributed by atoms with Gasteiger partial charge >= 0.3 is 0 Å². The number of amides is 1. The van der Waals surface area contributed by atoms with Crippen molar-refractivity contribution in [1.82, 2.24) is 25.5 Å². The predicted octanol–water partition coefficient (Wildman–Crippen LogP) is 3.61. The van der Waals surface area contributed by atoms with Gasteiger partial charge in [0.15, 0.2) is 5.82 Å². The topological polar surface area (TPSA) is 95.1 Å². The van der Waals surface area contributed by atoms with Crippen molar-refractivity contribution in [2.45, 2.75) is 13.3 Å². The van der Waals surface area contributed by atoms with Gasteiger partial charge in [-0.1, -0.05) is 48.0 Å². The Morgan fingerprint density at radius 3 is 2.75 bits per heavy atom. The second kappa shape index (κ2) is 9.74. The van der Waals surface area contributed by atoms with Crippen LogP contribution in [0.15, 0.2) is 71.3 Å². The molecule has 0 aliphatic carbocycles. The number of aryl methyl sites for hydroxylation is 1. The van der Waals surface area contributed by atoms with Gasteiger partial charge in [-0.15, -0.1) is 5.10 Å². The molecule has 32 heavy (non-hydrogen) atoms. The predicted molar refractivity (Wildman–Crippen MR) is 121 cm³/mol. The van der Waals surface area contributed by atoms with Crippen LogP contribution in [0.3, 0.4) is 0 Å². The van der Waals surface area contributed by atoms with E-state index < -0.39 is 0 Å². The Morgan fingerprint density at radius 1 is 1.16 bits per heavy atom. The molecule has 0 saturated carbocycles. The summed E-state index contributed by atoms with van der Waals surface area (Å²) in [6.45, 7) is 2.44. The number of aromatic nitrogens is 4. The largest absolute Gasteiger partial charge is 0.496 e. The second-order valence-corrected chi connectivity index (χ2v) is 7.15. The maximum absolute atomic E-state index is 13.2. The highest BCUT2D eigenvalue weighted by Crippen LogP contribution is 2.22. The maximum atomic E-state index is 13.2. The fraction of sp³-hybridized carbons (Fsp3) is 0.167. The van der Waals surface area contributed by atoms with Crippen LogP contribution in [0.1, 0.15) is 16.9 Å². The number of tetrazole rings is 1. The first-order valence-corrected chi connectivity index (χ1v) is 10.2. The summed E-state index contributed by atoms with van der Waals surface area (Å²) >= 11 is 0. The van der Waals surface area contributed by atoms with Crippen molar-refractivity contribution < 1.29 is 13.9 Å². The first-order chi connectivity index (χ1) is 15.7. The van der Waals surface area contributed by atoms with Gasteiger partial charge in [0.05, 0.1) is 13.4 Å². The van der Waals surface area contributed by atoms with Gasteiger partial charge in [0.25, 0.3) is 5.91 Å². The second-order valence-electron chi connectivity index (χ2n) is 7.15. The molecule has 0 spiro atoms. The van der Waals surface area contributed by atoms with Crippen LogP contribution in [0, 0.1) is 6.92 Å². The molecule has 0 aliphatic rings. The van der Waals surface area contributed by atoms with E-state index in [2.05, 4.69) is 26.9 Å². The molecule has 2 aromatic carbocycles. The molecule has 4 rings (SSSR count). The van der Waals surface area contributed by atoms with Crippen LogP contribution >= 0.6 is 0 Å². The zero-order chi connectivity index (χ0) is 22.3. The molecule has 4 aromatic rings. The first-order valence-electron chi connectivity index (χ1n) is 10.2. The minimum absolute atomic E-state index is 0.250. The summed E-state index contributed by atoms with van der Waals surface area (Å²) in [4.78, 5) is 13.2. The van der Waals surface area contributed by atoms with Gasteiger partial charge in [0.1, 0.15) is 17.2 Å². The van der Waals surface area contributed by atoms with Gasteiger partial charge in [-0.3, -0.25) is 4.79 Å². The number of benzene rings is 2. The van der Waals surface area contributed by atoms with Crippen molar-refractivity contribution in [3.05, 3.63) is 83.8 Å². The van der Waals surface area contributed by atoms with Crippen molar-refractivity contribution >= 4 is 17.7 Å². The summed E-state index contributed by atoms with van der Waals surface area (Å²) in [5.74, 6) is 1.45. The molecule has 8 nitrogen and oxygen atoms in total. The van der Waals surface area contributed by atoms with Gasteiger partial charge in [-0.2, -0.15) is 4.68 Å². The van der Waals surface area contributed by atoms with Crippen LogP contribution in [0.25, 0.3) is 23.2 Å². The lowest BCUT2D eigenvalue weighted by atomic mass is 10.1. The molecular formula is C24H23N5O3. The van der Waals surface area contributed by atoms with Crippen LogP contribution in [-0.4, -0.2) is 39.8 Å². The molecule has 1 N–H and O–H groups in total. The number of nitrogens with zero attached hydrogens (tertiary/aromatic N) is 4. The molecule has 0 atom stereocenters. The lowest BCUT2D eigenvalue weighted by molar-refractivity contribution is -0.115. The van der Waals surface area contributed by atoms with Crippen molar-refractivity contribution in [1.29, 1.82) is 0 Å². The fourth-order valence-electron chi connectivity index (χ4n) is 3.35. The highest BCUT2D eigenvalue weighted by molar-refractivity contribution is 6.18. The summed E-state index contributed by atoms with van der Waals surface area (Å²) in [6, 6.07) is 18.9. The molecule has 8 heteroatoms. The molecule has 1 amide bonds. The van der Waals surface area contributed by atoms with Crippen molar-refractivity contribution in [2.24, 2.45) is 0 Å². The van der Waals surface area contributed by atoms with Crippen LogP contribution in [0.4, 0.5) is 0 Å². The molecular weight excluding hydrogens is 406 g/mol. The average molecular weight is 429 g/mol. The number of nitrogens with one attached hydrogen (secondary N) is 1. The van der Waals surface area contributed by atoms with Gasteiger partial charge < -0.3 is 14.5 Å². The van der Waals surface area contributed by atoms with Crippen LogP contribution in [0.5, 0.6) is 5.75 Å². The van der Waals surface area contributed by atoms with Crippen molar-refractivity contribution in [2.75, 3.05) is 13.7 Å². The normalized spacial score (nSPS) is 11.4.